The molecule has 2 N–H and O–H groups in total. The molecule has 0 bridgehead atoms. The van der Waals surface area contributed by atoms with Gasteiger partial charge < -0.3 is 5.73 Å². The van der Waals surface area contributed by atoms with Crippen molar-refractivity contribution in [1.82, 2.24) is 20.2 Å². The molecule has 100 valence electrons. The van der Waals surface area contributed by atoms with Crippen LogP contribution in [-0.2, 0) is 0 Å². The van der Waals surface area contributed by atoms with Gasteiger partial charge in [0.15, 0.2) is 0 Å². The minimum atomic E-state index is 0.457. The Labute approximate surface area is 116 Å². The summed E-state index contributed by atoms with van der Waals surface area (Å²) < 4.78 is 1.97. The van der Waals surface area contributed by atoms with Crippen molar-refractivity contribution in [2.45, 2.75) is 48.7 Å². The van der Waals surface area contributed by atoms with Gasteiger partial charge in [0.05, 0.1) is 6.04 Å². The number of aromatic nitrogens is 4. The largest absolute Gasteiger partial charge is 0.399 e. The first-order valence-electron chi connectivity index (χ1n) is 6.56. The maximum atomic E-state index is 5.84. The Morgan fingerprint density at radius 1 is 1.32 bits per heavy atom. The van der Waals surface area contributed by atoms with Crippen LogP contribution >= 0.6 is 11.8 Å². The summed E-state index contributed by atoms with van der Waals surface area (Å²) in [7, 11) is 0. The van der Waals surface area contributed by atoms with Crippen molar-refractivity contribution in [3.8, 4) is 0 Å². The van der Waals surface area contributed by atoms with E-state index in [2.05, 4.69) is 22.4 Å². The van der Waals surface area contributed by atoms with Crippen molar-refractivity contribution in [3.63, 3.8) is 0 Å². The SMILES string of the molecule is Cc1ccc(N)cc1Sc1nnnn1C1CCCC1. The van der Waals surface area contributed by atoms with Crippen LogP contribution in [0.1, 0.15) is 37.3 Å². The smallest absolute Gasteiger partial charge is 0.214 e. The van der Waals surface area contributed by atoms with E-state index in [1.54, 1.807) is 11.8 Å². The zero-order valence-electron chi connectivity index (χ0n) is 10.9. The number of nitrogens with zero attached hydrogens (tertiary/aromatic N) is 4. The molecular weight excluding hydrogens is 258 g/mol. The van der Waals surface area contributed by atoms with Crippen LogP contribution in [0, 0.1) is 6.92 Å². The summed E-state index contributed by atoms with van der Waals surface area (Å²) in [6.07, 6.45) is 4.89. The Bertz CT molecular complexity index is 574. The average Bonchev–Trinajstić information content (AvgIpc) is 3.03. The molecule has 0 atom stereocenters. The first kappa shape index (κ1) is 12.5. The molecule has 0 radical (unpaired) electrons. The summed E-state index contributed by atoms with van der Waals surface area (Å²) in [5, 5.41) is 13.0. The molecule has 6 heteroatoms. The van der Waals surface area contributed by atoms with E-state index in [1.165, 1.54) is 31.2 Å². The molecule has 1 aromatic carbocycles. The van der Waals surface area contributed by atoms with Crippen LogP contribution in [0.5, 0.6) is 0 Å². The van der Waals surface area contributed by atoms with Crippen molar-refractivity contribution in [3.05, 3.63) is 23.8 Å². The second-order valence-electron chi connectivity index (χ2n) is 4.97. The summed E-state index contributed by atoms with van der Waals surface area (Å²) in [5.74, 6) is 0. The molecule has 0 unspecified atom stereocenters. The lowest BCUT2D eigenvalue weighted by molar-refractivity contribution is 0.423. The predicted molar refractivity (Wildman–Crippen MR) is 75.0 cm³/mol. The number of benzene rings is 1. The standard InChI is InChI=1S/C13H17N5S/c1-9-6-7-10(14)8-12(9)19-13-15-16-17-18(13)11-4-2-3-5-11/h6-8,11H,2-5,14H2,1H3. The fourth-order valence-corrected chi connectivity index (χ4v) is 3.43. The average molecular weight is 275 g/mol. The van der Waals surface area contributed by atoms with E-state index in [4.69, 9.17) is 5.73 Å². The summed E-state index contributed by atoms with van der Waals surface area (Å²) >= 11 is 1.60. The number of tetrazole rings is 1. The van der Waals surface area contributed by atoms with Gasteiger partial charge in [0.25, 0.3) is 0 Å². The highest BCUT2D eigenvalue weighted by atomic mass is 32.2. The lowest BCUT2D eigenvalue weighted by atomic mass is 10.2. The molecule has 1 heterocycles. The number of hydrogen-bond acceptors (Lipinski definition) is 5. The second-order valence-corrected chi connectivity index (χ2v) is 5.98. The van der Waals surface area contributed by atoms with E-state index >= 15 is 0 Å². The van der Waals surface area contributed by atoms with Crippen LogP contribution in [-0.4, -0.2) is 20.2 Å². The van der Waals surface area contributed by atoms with Crippen LogP contribution in [0.4, 0.5) is 5.69 Å². The molecular formula is C13H17N5S. The maximum absolute atomic E-state index is 5.84. The maximum Gasteiger partial charge on any atom is 0.214 e. The molecule has 1 saturated carbocycles. The van der Waals surface area contributed by atoms with E-state index in [-0.39, 0.29) is 0 Å². The second kappa shape index (κ2) is 5.21. The molecule has 5 nitrogen and oxygen atoms in total. The topological polar surface area (TPSA) is 69.6 Å². The van der Waals surface area contributed by atoms with Crippen LogP contribution in [0.15, 0.2) is 28.3 Å². The van der Waals surface area contributed by atoms with Crippen molar-refractivity contribution >= 4 is 17.4 Å². The number of aryl methyl sites for hydroxylation is 1. The van der Waals surface area contributed by atoms with Gasteiger partial charge in [-0.15, -0.1) is 5.10 Å². The monoisotopic (exact) mass is 275 g/mol. The van der Waals surface area contributed by atoms with E-state index in [0.29, 0.717) is 6.04 Å². The van der Waals surface area contributed by atoms with E-state index < -0.39 is 0 Å². The first-order chi connectivity index (χ1) is 9.24. The summed E-state index contributed by atoms with van der Waals surface area (Å²) in [5.41, 5.74) is 7.81. The molecule has 1 fully saturated rings. The highest BCUT2D eigenvalue weighted by Crippen LogP contribution is 2.35. The number of rotatable bonds is 3. The molecule has 0 saturated heterocycles. The lowest BCUT2D eigenvalue weighted by Gasteiger charge is -2.11. The third-order valence-corrected chi connectivity index (χ3v) is 4.66. The Balaban J connectivity index is 1.87. The van der Waals surface area contributed by atoms with E-state index in [1.807, 2.05) is 22.9 Å². The van der Waals surface area contributed by atoms with Gasteiger partial charge in [0, 0.05) is 10.6 Å². The lowest BCUT2D eigenvalue weighted by Crippen LogP contribution is -2.08. The van der Waals surface area contributed by atoms with Gasteiger partial charge in [0.2, 0.25) is 5.16 Å². The molecule has 0 aliphatic heterocycles. The normalized spacial score (nSPS) is 16.1. The summed E-state index contributed by atoms with van der Waals surface area (Å²) in [6, 6.07) is 6.38. The summed E-state index contributed by atoms with van der Waals surface area (Å²) in [6.45, 7) is 2.07. The van der Waals surface area contributed by atoms with Crippen LogP contribution in [0.2, 0.25) is 0 Å². The number of nitrogen functional groups attached to an aromatic ring is 1. The molecule has 3 rings (SSSR count). The van der Waals surface area contributed by atoms with Crippen molar-refractivity contribution in [2.24, 2.45) is 0 Å². The van der Waals surface area contributed by atoms with Gasteiger partial charge in [-0.25, -0.2) is 4.68 Å². The Hall–Kier alpha value is -1.56. The highest BCUT2D eigenvalue weighted by Gasteiger charge is 2.22. The molecule has 0 spiro atoms. The van der Waals surface area contributed by atoms with Gasteiger partial charge in [-0.2, -0.15) is 0 Å². The van der Waals surface area contributed by atoms with Crippen molar-refractivity contribution in [1.29, 1.82) is 0 Å². The third-order valence-electron chi connectivity index (χ3n) is 3.55. The minimum absolute atomic E-state index is 0.457. The zero-order valence-corrected chi connectivity index (χ0v) is 11.7. The number of hydrogen-bond donors (Lipinski definition) is 1. The molecule has 2 aromatic rings. The molecule has 1 aliphatic carbocycles. The van der Waals surface area contributed by atoms with Gasteiger partial charge in [-0.3, -0.25) is 0 Å². The number of nitrogens with two attached hydrogens (primary N) is 1. The van der Waals surface area contributed by atoms with Crippen molar-refractivity contribution in [2.75, 3.05) is 5.73 Å². The van der Waals surface area contributed by atoms with Gasteiger partial charge in [-0.05, 0) is 59.7 Å². The quantitative estimate of drug-likeness (QED) is 0.872. The highest BCUT2D eigenvalue weighted by molar-refractivity contribution is 7.99. The van der Waals surface area contributed by atoms with Gasteiger partial charge in [0.1, 0.15) is 0 Å². The van der Waals surface area contributed by atoms with Crippen molar-refractivity contribution < 1.29 is 0 Å². The first-order valence-corrected chi connectivity index (χ1v) is 7.37. The molecule has 0 amide bonds. The molecule has 19 heavy (non-hydrogen) atoms. The van der Waals surface area contributed by atoms with Crippen LogP contribution < -0.4 is 5.73 Å². The number of anilines is 1. The summed E-state index contributed by atoms with van der Waals surface area (Å²) in [4.78, 5) is 1.12. The fourth-order valence-electron chi connectivity index (χ4n) is 2.46. The van der Waals surface area contributed by atoms with E-state index in [9.17, 15) is 0 Å². The Morgan fingerprint density at radius 2 is 2.11 bits per heavy atom. The zero-order chi connectivity index (χ0) is 13.2. The van der Waals surface area contributed by atoms with Crippen LogP contribution in [0.3, 0.4) is 0 Å². The van der Waals surface area contributed by atoms with E-state index in [0.717, 1.165) is 15.7 Å². The third kappa shape index (κ3) is 2.58. The van der Waals surface area contributed by atoms with Crippen LogP contribution in [0.25, 0.3) is 0 Å². The minimum Gasteiger partial charge on any atom is -0.399 e. The Morgan fingerprint density at radius 3 is 2.89 bits per heavy atom. The molecule has 1 aromatic heterocycles. The predicted octanol–water partition coefficient (Wildman–Crippen LogP) is 2.83. The Kier molecular flexibility index (Phi) is 3.42. The molecule has 1 aliphatic rings. The fraction of sp³-hybridized carbons (Fsp3) is 0.462. The van der Waals surface area contributed by atoms with Gasteiger partial charge >= 0.3 is 0 Å². The van der Waals surface area contributed by atoms with Gasteiger partial charge in [-0.1, -0.05) is 18.9 Å².